The fourth-order valence-corrected chi connectivity index (χ4v) is 4.98. The number of rotatable bonds is 7. The molecule has 1 aromatic heterocycles. The number of nitrogens with zero attached hydrogens (tertiary/aromatic N) is 1. The number of benzene rings is 2. The van der Waals surface area contributed by atoms with Gasteiger partial charge in [-0.3, -0.25) is 9.59 Å². The number of likely N-dealkylation sites (tertiary alicyclic amines) is 1. The van der Waals surface area contributed by atoms with Crippen molar-refractivity contribution in [2.45, 2.75) is 25.8 Å². The van der Waals surface area contributed by atoms with Crippen LogP contribution >= 0.6 is 11.3 Å². The molecule has 0 aliphatic carbocycles. The Balaban J connectivity index is 1.35. The van der Waals surface area contributed by atoms with E-state index >= 15 is 0 Å². The Bertz CT molecular complexity index is 1090. The van der Waals surface area contributed by atoms with Crippen LogP contribution in [-0.2, 0) is 0 Å². The summed E-state index contributed by atoms with van der Waals surface area (Å²) in [5, 5.41) is 3.13. The zero-order valence-electron chi connectivity index (χ0n) is 18.9. The molecule has 0 unspecified atom stereocenters. The van der Waals surface area contributed by atoms with Gasteiger partial charge in [-0.15, -0.1) is 11.3 Å². The molecule has 33 heavy (non-hydrogen) atoms. The van der Waals surface area contributed by atoms with Crippen LogP contribution in [-0.4, -0.2) is 49.6 Å². The second kappa shape index (κ2) is 10.5. The molecular weight excluding hydrogens is 436 g/mol. The number of hydrogen-bond donors (Lipinski definition) is 1. The van der Waals surface area contributed by atoms with E-state index in [1.807, 2.05) is 60.4 Å². The molecule has 3 aromatic rings. The second-order valence-electron chi connectivity index (χ2n) is 7.87. The van der Waals surface area contributed by atoms with Gasteiger partial charge in [-0.05, 0) is 55.7 Å². The van der Waals surface area contributed by atoms with Crippen molar-refractivity contribution >= 4 is 23.2 Å². The van der Waals surface area contributed by atoms with Crippen LogP contribution in [0.2, 0.25) is 0 Å². The smallest absolute Gasteiger partial charge is 0.265 e. The standard InChI is InChI=1S/C26H28N2O4S/c1-3-32-21-11-9-19(10-12-21)26(30)28-15-13-20(14-16-28)27-25(29)24-22(31-2)17-23(33-24)18-7-5-4-6-8-18/h4-12,17,20H,3,13-16H2,1-2H3,(H,27,29). The van der Waals surface area contributed by atoms with Gasteiger partial charge in [-0.2, -0.15) is 0 Å². The van der Waals surface area contributed by atoms with Gasteiger partial charge < -0.3 is 19.7 Å². The topological polar surface area (TPSA) is 67.9 Å². The van der Waals surface area contributed by atoms with Gasteiger partial charge in [0.1, 0.15) is 16.4 Å². The molecule has 7 heteroatoms. The number of thiophene rings is 1. The highest BCUT2D eigenvalue weighted by atomic mass is 32.1. The van der Waals surface area contributed by atoms with Crippen molar-refractivity contribution in [3.05, 3.63) is 71.1 Å². The maximum atomic E-state index is 13.0. The number of piperidine rings is 1. The summed E-state index contributed by atoms with van der Waals surface area (Å²) in [7, 11) is 1.58. The van der Waals surface area contributed by atoms with Crippen molar-refractivity contribution in [3.8, 4) is 21.9 Å². The Kier molecular flexibility index (Phi) is 7.29. The maximum Gasteiger partial charge on any atom is 0.265 e. The van der Waals surface area contributed by atoms with E-state index in [0.717, 1.165) is 16.2 Å². The highest BCUT2D eigenvalue weighted by Crippen LogP contribution is 2.36. The molecule has 1 aliphatic rings. The molecule has 2 heterocycles. The molecule has 1 N–H and O–H groups in total. The van der Waals surface area contributed by atoms with Gasteiger partial charge in [0, 0.05) is 29.6 Å². The SMILES string of the molecule is CCOc1ccc(C(=O)N2CCC(NC(=O)c3sc(-c4ccccc4)cc3OC)CC2)cc1. The Morgan fingerprint density at radius 1 is 1.06 bits per heavy atom. The van der Waals surface area contributed by atoms with Gasteiger partial charge in [-0.25, -0.2) is 0 Å². The fourth-order valence-electron chi connectivity index (χ4n) is 3.95. The fraction of sp³-hybridized carbons (Fsp3) is 0.308. The molecule has 0 bridgehead atoms. The van der Waals surface area contributed by atoms with Gasteiger partial charge in [0.2, 0.25) is 0 Å². The summed E-state index contributed by atoms with van der Waals surface area (Å²) in [6.07, 6.45) is 1.43. The minimum atomic E-state index is -0.129. The summed E-state index contributed by atoms with van der Waals surface area (Å²) in [6, 6.07) is 19.1. The van der Waals surface area contributed by atoms with Crippen molar-refractivity contribution in [1.82, 2.24) is 10.2 Å². The third kappa shape index (κ3) is 5.37. The zero-order chi connectivity index (χ0) is 23.2. The first-order chi connectivity index (χ1) is 16.1. The van der Waals surface area contributed by atoms with E-state index in [0.29, 0.717) is 48.7 Å². The number of nitrogens with one attached hydrogen (secondary N) is 1. The molecule has 0 atom stereocenters. The van der Waals surface area contributed by atoms with Crippen LogP contribution in [0, 0.1) is 0 Å². The third-order valence-electron chi connectivity index (χ3n) is 5.71. The van der Waals surface area contributed by atoms with Crippen LogP contribution < -0.4 is 14.8 Å². The van der Waals surface area contributed by atoms with Crippen molar-refractivity contribution in [1.29, 1.82) is 0 Å². The van der Waals surface area contributed by atoms with Crippen molar-refractivity contribution in [2.75, 3.05) is 26.8 Å². The summed E-state index contributed by atoms with van der Waals surface area (Å²) >= 11 is 1.43. The Morgan fingerprint density at radius 3 is 2.39 bits per heavy atom. The number of hydrogen-bond acceptors (Lipinski definition) is 5. The lowest BCUT2D eigenvalue weighted by Crippen LogP contribution is -2.46. The Morgan fingerprint density at radius 2 is 1.76 bits per heavy atom. The van der Waals surface area contributed by atoms with E-state index in [1.54, 1.807) is 19.2 Å². The monoisotopic (exact) mass is 464 g/mol. The lowest BCUT2D eigenvalue weighted by molar-refractivity contribution is 0.0698. The molecule has 2 amide bonds. The number of amides is 2. The van der Waals surface area contributed by atoms with E-state index in [9.17, 15) is 9.59 Å². The van der Waals surface area contributed by atoms with Crippen LogP contribution in [0.3, 0.4) is 0 Å². The lowest BCUT2D eigenvalue weighted by Gasteiger charge is -2.32. The van der Waals surface area contributed by atoms with Gasteiger partial charge in [-0.1, -0.05) is 30.3 Å². The van der Waals surface area contributed by atoms with Gasteiger partial charge in [0.05, 0.1) is 13.7 Å². The molecular formula is C26H28N2O4S. The minimum Gasteiger partial charge on any atom is -0.495 e. The van der Waals surface area contributed by atoms with Gasteiger partial charge in [0.25, 0.3) is 11.8 Å². The summed E-state index contributed by atoms with van der Waals surface area (Å²) in [5.41, 5.74) is 1.71. The summed E-state index contributed by atoms with van der Waals surface area (Å²) in [6.45, 7) is 3.73. The maximum absolute atomic E-state index is 13.0. The zero-order valence-corrected chi connectivity index (χ0v) is 19.7. The van der Waals surface area contributed by atoms with Crippen LogP contribution in [0.15, 0.2) is 60.7 Å². The number of carbonyl (C=O) groups excluding carboxylic acids is 2. The van der Waals surface area contributed by atoms with Crippen LogP contribution in [0.25, 0.3) is 10.4 Å². The van der Waals surface area contributed by atoms with E-state index in [1.165, 1.54) is 11.3 Å². The molecule has 0 saturated carbocycles. The molecule has 6 nitrogen and oxygen atoms in total. The number of methoxy groups -OCH3 is 1. The Hall–Kier alpha value is -3.32. The van der Waals surface area contributed by atoms with Crippen LogP contribution in [0.1, 0.15) is 39.8 Å². The number of carbonyl (C=O) groups is 2. The first-order valence-corrected chi connectivity index (χ1v) is 12.0. The van der Waals surface area contributed by atoms with Gasteiger partial charge in [0.15, 0.2) is 0 Å². The van der Waals surface area contributed by atoms with Crippen molar-refractivity contribution in [2.24, 2.45) is 0 Å². The van der Waals surface area contributed by atoms with Crippen molar-refractivity contribution in [3.63, 3.8) is 0 Å². The first kappa shape index (κ1) is 22.9. The van der Waals surface area contributed by atoms with Gasteiger partial charge >= 0.3 is 0 Å². The molecule has 1 saturated heterocycles. The molecule has 172 valence electrons. The predicted octanol–water partition coefficient (Wildman–Crippen LogP) is 4.86. The highest BCUT2D eigenvalue weighted by molar-refractivity contribution is 7.17. The van der Waals surface area contributed by atoms with Crippen LogP contribution in [0.5, 0.6) is 11.5 Å². The summed E-state index contributed by atoms with van der Waals surface area (Å²) in [5.74, 6) is 1.22. The largest absolute Gasteiger partial charge is 0.495 e. The van der Waals surface area contributed by atoms with E-state index in [4.69, 9.17) is 9.47 Å². The molecule has 0 radical (unpaired) electrons. The molecule has 4 rings (SSSR count). The molecule has 2 aromatic carbocycles. The minimum absolute atomic E-state index is 0.00949. The second-order valence-corrected chi connectivity index (χ2v) is 8.92. The van der Waals surface area contributed by atoms with Crippen LogP contribution in [0.4, 0.5) is 0 Å². The summed E-state index contributed by atoms with van der Waals surface area (Å²) in [4.78, 5) is 29.2. The van der Waals surface area contributed by atoms with E-state index in [2.05, 4.69) is 5.32 Å². The average molecular weight is 465 g/mol. The number of ether oxygens (including phenoxy) is 2. The average Bonchev–Trinajstić information content (AvgIpc) is 3.30. The molecule has 1 fully saturated rings. The van der Waals surface area contributed by atoms with E-state index in [-0.39, 0.29) is 17.9 Å². The molecule has 1 aliphatic heterocycles. The lowest BCUT2D eigenvalue weighted by atomic mass is 10.0. The normalized spacial score (nSPS) is 14.1. The van der Waals surface area contributed by atoms with Crippen molar-refractivity contribution < 1.29 is 19.1 Å². The van der Waals surface area contributed by atoms with E-state index < -0.39 is 0 Å². The predicted molar refractivity (Wildman–Crippen MR) is 130 cm³/mol. The summed E-state index contributed by atoms with van der Waals surface area (Å²) < 4.78 is 10.9. The highest BCUT2D eigenvalue weighted by Gasteiger charge is 2.26. The molecule has 0 spiro atoms. The Labute approximate surface area is 198 Å². The quantitative estimate of drug-likeness (QED) is 0.542. The first-order valence-electron chi connectivity index (χ1n) is 11.1. The third-order valence-corrected chi connectivity index (χ3v) is 6.88.